The van der Waals surface area contributed by atoms with E-state index in [1.807, 2.05) is 0 Å². The minimum Gasteiger partial charge on any atom is -0.370 e. The Morgan fingerprint density at radius 2 is 2.00 bits per heavy atom. The average Bonchev–Trinajstić information content (AvgIpc) is 2.16. The Hall–Kier alpha value is -1.10. The molecule has 0 radical (unpaired) electrons. The predicted molar refractivity (Wildman–Crippen MR) is 61.3 cm³/mol. The predicted octanol–water partition coefficient (Wildman–Crippen LogP) is -0.116. The summed E-state index contributed by atoms with van der Waals surface area (Å²) in [6, 6.07) is -0.256. The molecule has 0 spiro atoms. The summed E-state index contributed by atoms with van der Waals surface area (Å²) < 4.78 is 0. The third-order valence-electron chi connectivity index (χ3n) is 3.05. The lowest BCUT2D eigenvalue weighted by Gasteiger charge is -2.28. The van der Waals surface area contributed by atoms with Gasteiger partial charge >= 0.3 is 0 Å². The monoisotopic (exact) mass is 227 g/mol. The highest BCUT2D eigenvalue weighted by molar-refractivity contribution is 5.81. The summed E-state index contributed by atoms with van der Waals surface area (Å²) in [5.41, 5.74) is 11.0. The fourth-order valence-electron chi connectivity index (χ4n) is 2.19. The highest BCUT2D eigenvalue weighted by Gasteiger charge is 2.28. The largest absolute Gasteiger partial charge is 0.370 e. The summed E-state index contributed by atoms with van der Waals surface area (Å²) in [5.74, 6) is -0.550. The van der Waals surface area contributed by atoms with Crippen LogP contribution in [-0.2, 0) is 9.59 Å². The van der Waals surface area contributed by atoms with E-state index in [0.717, 1.165) is 25.7 Å². The summed E-state index contributed by atoms with van der Waals surface area (Å²) in [5, 5.41) is 2.79. The van der Waals surface area contributed by atoms with Gasteiger partial charge in [0.05, 0.1) is 5.92 Å². The van der Waals surface area contributed by atoms with Crippen LogP contribution >= 0.6 is 0 Å². The number of rotatable bonds is 4. The molecule has 0 saturated heterocycles. The second-order valence-electron chi connectivity index (χ2n) is 4.63. The molecule has 5 nitrogen and oxygen atoms in total. The quantitative estimate of drug-likeness (QED) is 0.624. The lowest BCUT2D eigenvalue weighted by atomic mass is 9.84. The average molecular weight is 227 g/mol. The Labute approximate surface area is 95.9 Å². The van der Waals surface area contributed by atoms with E-state index in [-0.39, 0.29) is 30.3 Å². The molecular formula is C11H21N3O2. The second kappa shape index (κ2) is 5.84. The van der Waals surface area contributed by atoms with Gasteiger partial charge in [-0.15, -0.1) is 0 Å². The Morgan fingerprint density at radius 1 is 1.38 bits per heavy atom. The zero-order chi connectivity index (χ0) is 12.1. The molecule has 0 aromatic carbocycles. The van der Waals surface area contributed by atoms with E-state index in [9.17, 15) is 9.59 Å². The lowest BCUT2D eigenvalue weighted by molar-refractivity contribution is -0.127. The number of carbonyl (C=O) groups is 2. The second-order valence-corrected chi connectivity index (χ2v) is 4.63. The highest BCUT2D eigenvalue weighted by Crippen LogP contribution is 2.23. The molecule has 0 aliphatic heterocycles. The number of primary amides is 1. The molecule has 2 amide bonds. The molecular weight excluding hydrogens is 206 g/mol. The van der Waals surface area contributed by atoms with Gasteiger partial charge in [-0.05, 0) is 19.8 Å². The van der Waals surface area contributed by atoms with Crippen LogP contribution in [0.1, 0.15) is 39.0 Å². The number of nitrogens with one attached hydrogen (secondary N) is 1. The van der Waals surface area contributed by atoms with Crippen LogP contribution in [0.3, 0.4) is 0 Å². The first kappa shape index (κ1) is 13.0. The number of hydrogen-bond acceptors (Lipinski definition) is 3. The zero-order valence-corrected chi connectivity index (χ0v) is 9.74. The van der Waals surface area contributed by atoms with Crippen molar-refractivity contribution in [3.63, 3.8) is 0 Å². The molecule has 1 aliphatic carbocycles. The minimum absolute atomic E-state index is 0.0408. The molecule has 5 heteroatoms. The van der Waals surface area contributed by atoms with Crippen LogP contribution in [0, 0.1) is 5.92 Å². The van der Waals surface area contributed by atoms with Crippen molar-refractivity contribution in [2.75, 3.05) is 0 Å². The summed E-state index contributed by atoms with van der Waals surface area (Å²) in [6.45, 7) is 1.77. The Balaban J connectivity index is 2.41. The summed E-state index contributed by atoms with van der Waals surface area (Å²) in [4.78, 5) is 22.5. The van der Waals surface area contributed by atoms with Crippen molar-refractivity contribution in [2.45, 2.75) is 51.1 Å². The van der Waals surface area contributed by atoms with Gasteiger partial charge in [0.1, 0.15) is 0 Å². The van der Waals surface area contributed by atoms with Crippen molar-refractivity contribution in [3.05, 3.63) is 0 Å². The van der Waals surface area contributed by atoms with Crippen molar-refractivity contribution in [3.8, 4) is 0 Å². The van der Waals surface area contributed by atoms with E-state index >= 15 is 0 Å². The first-order valence-corrected chi connectivity index (χ1v) is 5.85. The van der Waals surface area contributed by atoms with E-state index in [4.69, 9.17) is 11.5 Å². The van der Waals surface area contributed by atoms with Gasteiger partial charge in [-0.1, -0.05) is 12.8 Å². The van der Waals surface area contributed by atoms with Gasteiger partial charge in [-0.2, -0.15) is 0 Å². The van der Waals surface area contributed by atoms with Crippen LogP contribution < -0.4 is 16.8 Å². The van der Waals surface area contributed by atoms with Crippen LogP contribution in [-0.4, -0.2) is 23.9 Å². The van der Waals surface area contributed by atoms with Crippen molar-refractivity contribution < 1.29 is 9.59 Å². The van der Waals surface area contributed by atoms with E-state index in [1.54, 1.807) is 6.92 Å². The Morgan fingerprint density at radius 3 is 2.56 bits per heavy atom. The number of amides is 2. The van der Waals surface area contributed by atoms with Crippen molar-refractivity contribution in [1.29, 1.82) is 0 Å². The van der Waals surface area contributed by atoms with E-state index < -0.39 is 5.91 Å². The lowest BCUT2D eigenvalue weighted by Crippen LogP contribution is -2.46. The standard InChI is InChI=1S/C11H21N3O2/c1-7(6-10(13)15)14-11(16)8-4-2-3-5-9(8)12/h7-9H,2-6,12H2,1H3,(H2,13,15)(H,14,16). The van der Waals surface area contributed by atoms with Gasteiger partial charge in [0.15, 0.2) is 0 Å². The smallest absolute Gasteiger partial charge is 0.224 e. The fraction of sp³-hybridized carbons (Fsp3) is 0.818. The molecule has 0 heterocycles. The Kier molecular flexibility index (Phi) is 4.73. The molecule has 92 valence electrons. The van der Waals surface area contributed by atoms with Crippen LogP contribution in [0.4, 0.5) is 0 Å². The topological polar surface area (TPSA) is 98.2 Å². The molecule has 5 N–H and O–H groups in total. The molecule has 1 aliphatic rings. The third-order valence-corrected chi connectivity index (χ3v) is 3.05. The molecule has 16 heavy (non-hydrogen) atoms. The molecule has 0 aromatic heterocycles. The summed E-state index contributed by atoms with van der Waals surface area (Å²) >= 11 is 0. The third kappa shape index (κ3) is 3.81. The van der Waals surface area contributed by atoms with Gasteiger partial charge < -0.3 is 16.8 Å². The summed E-state index contributed by atoms with van der Waals surface area (Å²) in [7, 11) is 0. The normalized spacial score (nSPS) is 27.1. The molecule has 3 atom stereocenters. The SMILES string of the molecule is CC(CC(N)=O)NC(=O)C1CCCCC1N. The molecule has 1 fully saturated rings. The molecule has 0 bridgehead atoms. The maximum absolute atomic E-state index is 11.9. The van der Waals surface area contributed by atoms with Crippen LogP contribution in [0.2, 0.25) is 0 Å². The van der Waals surface area contributed by atoms with Crippen LogP contribution in [0.25, 0.3) is 0 Å². The number of carbonyl (C=O) groups excluding carboxylic acids is 2. The van der Waals surface area contributed by atoms with Gasteiger partial charge in [-0.25, -0.2) is 0 Å². The number of hydrogen-bond donors (Lipinski definition) is 3. The highest BCUT2D eigenvalue weighted by atomic mass is 16.2. The maximum Gasteiger partial charge on any atom is 0.224 e. The van der Waals surface area contributed by atoms with Crippen molar-refractivity contribution in [1.82, 2.24) is 5.32 Å². The van der Waals surface area contributed by atoms with E-state index in [1.165, 1.54) is 0 Å². The van der Waals surface area contributed by atoms with E-state index in [2.05, 4.69) is 5.32 Å². The van der Waals surface area contributed by atoms with Gasteiger partial charge in [-0.3, -0.25) is 9.59 Å². The van der Waals surface area contributed by atoms with Crippen molar-refractivity contribution in [2.24, 2.45) is 17.4 Å². The summed E-state index contributed by atoms with van der Waals surface area (Å²) in [6.07, 6.45) is 4.07. The molecule has 1 rings (SSSR count). The van der Waals surface area contributed by atoms with Crippen LogP contribution in [0.5, 0.6) is 0 Å². The Bertz CT molecular complexity index is 268. The van der Waals surface area contributed by atoms with Gasteiger partial charge in [0.25, 0.3) is 0 Å². The minimum atomic E-state index is -0.402. The van der Waals surface area contributed by atoms with Gasteiger partial charge in [0.2, 0.25) is 11.8 Å². The van der Waals surface area contributed by atoms with E-state index in [0.29, 0.717) is 0 Å². The first-order valence-electron chi connectivity index (χ1n) is 5.85. The number of nitrogens with two attached hydrogens (primary N) is 2. The maximum atomic E-state index is 11.9. The zero-order valence-electron chi connectivity index (χ0n) is 9.74. The van der Waals surface area contributed by atoms with Crippen LogP contribution in [0.15, 0.2) is 0 Å². The molecule has 0 aromatic rings. The van der Waals surface area contributed by atoms with Crippen molar-refractivity contribution >= 4 is 11.8 Å². The first-order chi connectivity index (χ1) is 7.50. The van der Waals surface area contributed by atoms with Gasteiger partial charge in [0, 0.05) is 18.5 Å². The molecule has 3 unspecified atom stereocenters. The fourth-order valence-corrected chi connectivity index (χ4v) is 2.19. The molecule has 1 saturated carbocycles.